The van der Waals surface area contributed by atoms with Gasteiger partial charge in [0, 0.05) is 0 Å². The minimum atomic E-state index is -0.234. The molecule has 31 heavy (non-hydrogen) atoms. The van der Waals surface area contributed by atoms with Crippen LogP contribution in [-0.2, 0) is 4.79 Å². The zero-order valence-electron chi connectivity index (χ0n) is 16.5. The van der Waals surface area contributed by atoms with E-state index in [1.165, 1.54) is 27.7 Å². The van der Waals surface area contributed by atoms with Crippen molar-refractivity contribution in [3.63, 3.8) is 0 Å². The van der Waals surface area contributed by atoms with E-state index in [1.54, 1.807) is 42.5 Å². The molecular weight excluding hydrogens is 454 g/mol. The van der Waals surface area contributed by atoms with Gasteiger partial charge in [-0.1, -0.05) is 47.6 Å². The lowest BCUT2D eigenvalue weighted by Crippen LogP contribution is -2.22. The molecule has 9 heteroatoms. The number of amides is 1. The zero-order chi connectivity index (χ0) is 21.8. The molecule has 4 aromatic rings. The highest BCUT2D eigenvalue weighted by Crippen LogP contribution is 2.28. The molecule has 4 rings (SSSR count). The van der Waals surface area contributed by atoms with Crippen molar-refractivity contribution in [1.29, 1.82) is 0 Å². The molecule has 0 saturated carbocycles. The number of fused-ring (bicyclic) bond motifs is 1. The van der Waals surface area contributed by atoms with Crippen molar-refractivity contribution in [1.82, 2.24) is 9.55 Å². The monoisotopic (exact) mass is 471 g/mol. The van der Waals surface area contributed by atoms with Crippen LogP contribution in [0.2, 0.25) is 5.02 Å². The van der Waals surface area contributed by atoms with Gasteiger partial charge < -0.3 is 10.1 Å². The van der Waals surface area contributed by atoms with Crippen LogP contribution in [0.15, 0.2) is 69.9 Å². The summed E-state index contributed by atoms with van der Waals surface area (Å²) in [5.74, 6) is 0.434. The van der Waals surface area contributed by atoms with Crippen LogP contribution >= 0.6 is 34.7 Å². The zero-order valence-corrected chi connectivity index (χ0v) is 18.9. The molecule has 2 aromatic carbocycles. The summed E-state index contributed by atoms with van der Waals surface area (Å²) in [4.78, 5) is 30.4. The van der Waals surface area contributed by atoms with E-state index >= 15 is 0 Å². The van der Waals surface area contributed by atoms with Gasteiger partial charge in [0.2, 0.25) is 5.91 Å². The molecule has 158 valence electrons. The predicted octanol–water partition coefficient (Wildman–Crippen LogP) is 5.23. The fourth-order valence-corrected chi connectivity index (χ4v) is 4.79. The molecule has 0 radical (unpaired) electrons. The first-order valence-corrected chi connectivity index (χ1v) is 11.7. The molecule has 0 aliphatic heterocycles. The van der Waals surface area contributed by atoms with Crippen LogP contribution in [0.3, 0.4) is 0 Å². The number of ether oxygens (including phenoxy) is 1. The average Bonchev–Trinajstić information content (AvgIpc) is 3.24. The molecule has 0 saturated heterocycles. The molecule has 6 nitrogen and oxygen atoms in total. The summed E-state index contributed by atoms with van der Waals surface area (Å²) in [5, 5.41) is 5.51. The normalized spacial score (nSPS) is 10.9. The first kappa shape index (κ1) is 21.4. The van der Waals surface area contributed by atoms with Gasteiger partial charge in [-0.25, -0.2) is 4.98 Å². The maximum Gasteiger partial charge on any atom is 0.276 e. The number of benzene rings is 2. The summed E-state index contributed by atoms with van der Waals surface area (Å²) in [6, 6.07) is 16.1. The molecule has 0 bridgehead atoms. The van der Waals surface area contributed by atoms with Crippen molar-refractivity contribution < 1.29 is 9.53 Å². The predicted molar refractivity (Wildman–Crippen MR) is 127 cm³/mol. The van der Waals surface area contributed by atoms with Crippen molar-refractivity contribution >= 4 is 56.5 Å². The molecule has 2 aromatic heterocycles. The van der Waals surface area contributed by atoms with E-state index in [9.17, 15) is 9.59 Å². The van der Waals surface area contributed by atoms with E-state index in [1.807, 2.05) is 24.4 Å². The van der Waals surface area contributed by atoms with Gasteiger partial charge in [-0.2, -0.15) is 0 Å². The number of thiophene rings is 1. The minimum Gasteiger partial charge on any atom is -0.492 e. The van der Waals surface area contributed by atoms with Crippen LogP contribution in [-0.4, -0.2) is 27.8 Å². The van der Waals surface area contributed by atoms with Gasteiger partial charge in [0.1, 0.15) is 10.4 Å². The first-order chi connectivity index (χ1) is 15.1. The summed E-state index contributed by atoms with van der Waals surface area (Å²) in [7, 11) is 0. The maximum absolute atomic E-state index is 13.2. The van der Waals surface area contributed by atoms with Crippen LogP contribution < -0.4 is 15.6 Å². The second-order valence-electron chi connectivity index (χ2n) is 6.39. The Morgan fingerprint density at radius 1 is 1.19 bits per heavy atom. The minimum absolute atomic E-state index is 0.0625. The number of aromatic nitrogens is 2. The number of halogens is 1. The Morgan fingerprint density at radius 3 is 2.77 bits per heavy atom. The van der Waals surface area contributed by atoms with Gasteiger partial charge in [0.05, 0.1) is 34.3 Å². The number of hydrogen-bond donors (Lipinski definition) is 1. The summed E-state index contributed by atoms with van der Waals surface area (Å²) in [5.41, 5.74) is 1.52. The Hall–Kier alpha value is -2.81. The number of anilines is 1. The highest BCUT2D eigenvalue weighted by Gasteiger charge is 2.17. The first-order valence-electron chi connectivity index (χ1n) is 9.48. The molecule has 1 N–H and O–H groups in total. The molecule has 0 spiro atoms. The Labute approximate surface area is 191 Å². The van der Waals surface area contributed by atoms with Crippen molar-refractivity contribution in [3.05, 3.63) is 75.4 Å². The van der Waals surface area contributed by atoms with Crippen molar-refractivity contribution in [2.75, 3.05) is 17.7 Å². The molecule has 0 unspecified atom stereocenters. The number of thioether (sulfide) groups is 1. The molecule has 0 aliphatic rings. The van der Waals surface area contributed by atoms with Crippen LogP contribution in [0.25, 0.3) is 15.9 Å². The lowest BCUT2D eigenvalue weighted by atomic mass is 10.3. The molecule has 2 heterocycles. The summed E-state index contributed by atoms with van der Waals surface area (Å²) in [6.07, 6.45) is 0. The molecule has 0 fully saturated rings. The van der Waals surface area contributed by atoms with Gasteiger partial charge in [0.25, 0.3) is 5.56 Å². The van der Waals surface area contributed by atoms with Gasteiger partial charge in [0.15, 0.2) is 5.16 Å². The van der Waals surface area contributed by atoms with E-state index in [2.05, 4.69) is 10.3 Å². The smallest absolute Gasteiger partial charge is 0.276 e. The largest absolute Gasteiger partial charge is 0.492 e. The molecule has 0 aliphatic carbocycles. The lowest BCUT2D eigenvalue weighted by Gasteiger charge is -2.14. The van der Waals surface area contributed by atoms with Crippen LogP contribution in [0.5, 0.6) is 5.75 Å². The third-order valence-electron chi connectivity index (χ3n) is 4.34. The third kappa shape index (κ3) is 4.61. The number of carbonyl (C=O) groups excluding carboxylic acids is 1. The quantitative estimate of drug-likeness (QED) is 0.295. The number of nitrogens with one attached hydrogen (secondary N) is 1. The lowest BCUT2D eigenvalue weighted by molar-refractivity contribution is -0.113. The van der Waals surface area contributed by atoms with Crippen LogP contribution in [0, 0.1) is 0 Å². The van der Waals surface area contributed by atoms with Crippen molar-refractivity contribution in [3.8, 4) is 11.4 Å². The third-order valence-corrected chi connectivity index (χ3v) is 6.49. The molecule has 0 atom stereocenters. The number of nitrogens with zero attached hydrogens (tertiary/aromatic N) is 2. The van der Waals surface area contributed by atoms with E-state index in [-0.39, 0.29) is 17.2 Å². The van der Waals surface area contributed by atoms with Crippen molar-refractivity contribution in [2.45, 2.75) is 12.1 Å². The topological polar surface area (TPSA) is 73.2 Å². The Kier molecular flexibility index (Phi) is 6.60. The van der Waals surface area contributed by atoms with Gasteiger partial charge in [-0.05, 0) is 42.6 Å². The summed E-state index contributed by atoms with van der Waals surface area (Å²) < 4.78 is 7.56. The number of rotatable bonds is 7. The van der Waals surface area contributed by atoms with Gasteiger partial charge >= 0.3 is 0 Å². The van der Waals surface area contributed by atoms with Crippen molar-refractivity contribution in [2.24, 2.45) is 0 Å². The second-order valence-corrected chi connectivity index (χ2v) is 8.65. The second kappa shape index (κ2) is 9.55. The van der Waals surface area contributed by atoms with Gasteiger partial charge in [-0.3, -0.25) is 14.2 Å². The van der Waals surface area contributed by atoms with E-state index in [0.717, 1.165) is 0 Å². The fourth-order valence-electron chi connectivity index (χ4n) is 3.00. The standard InChI is InChI=1S/C22H18ClN3O3S2/c1-2-29-18-10-6-4-8-15(18)24-19(27)13-31-22-25-16-11-12-30-20(16)21(28)26(22)17-9-5-3-7-14(17)23/h3-12H,2,13H2,1H3,(H,24,27). The van der Waals surface area contributed by atoms with E-state index < -0.39 is 0 Å². The van der Waals surface area contributed by atoms with Gasteiger partial charge in [-0.15, -0.1) is 11.3 Å². The Morgan fingerprint density at radius 2 is 1.97 bits per heavy atom. The number of para-hydroxylation sites is 3. The summed E-state index contributed by atoms with van der Waals surface area (Å²) in [6.45, 7) is 2.38. The fraction of sp³-hybridized carbons (Fsp3) is 0.136. The van der Waals surface area contributed by atoms with Crippen LogP contribution in [0.1, 0.15) is 6.92 Å². The summed E-state index contributed by atoms with van der Waals surface area (Å²) >= 11 is 8.86. The highest BCUT2D eigenvalue weighted by atomic mass is 35.5. The number of carbonyl (C=O) groups is 1. The Bertz CT molecular complexity index is 1300. The maximum atomic E-state index is 13.2. The molecule has 1 amide bonds. The van der Waals surface area contributed by atoms with E-state index in [4.69, 9.17) is 16.3 Å². The Balaban J connectivity index is 1.63. The number of hydrogen-bond acceptors (Lipinski definition) is 6. The van der Waals surface area contributed by atoms with E-state index in [0.29, 0.717) is 44.1 Å². The average molecular weight is 472 g/mol. The highest BCUT2D eigenvalue weighted by molar-refractivity contribution is 7.99. The molecular formula is C22H18ClN3O3S2. The SMILES string of the molecule is CCOc1ccccc1NC(=O)CSc1nc2ccsc2c(=O)n1-c1ccccc1Cl. The van der Waals surface area contributed by atoms with Crippen LogP contribution in [0.4, 0.5) is 5.69 Å².